The molecule has 0 spiro atoms. The molecule has 102 valence electrons. The van der Waals surface area contributed by atoms with Crippen LogP contribution in [0.5, 0.6) is 0 Å². The number of nitrogens with zero attached hydrogens (tertiary/aromatic N) is 4. The highest BCUT2D eigenvalue weighted by Gasteiger charge is 2.34. The first-order chi connectivity index (χ1) is 9.68. The molecule has 6 heteroatoms. The highest BCUT2D eigenvalue weighted by Crippen LogP contribution is 2.32. The minimum absolute atomic E-state index is 0.138. The number of fused-ring (bicyclic) bond motifs is 1. The van der Waals surface area contributed by atoms with Crippen LogP contribution in [-0.2, 0) is 0 Å². The molecule has 3 heterocycles. The third kappa shape index (κ3) is 1.99. The van der Waals surface area contributed by atoms with Gasteiger partial charge in [0.2, 0.25) is 0 Å². The number of pyridine rings is 1. The second-order valence-corrected chi connectivity index (χ2v) is 4.93. The minimum Gasteiger partial charge on any atom is -0.328 e. The summed E-state index contributed by atoms with van der Waals surface area (Å²) < 4.78 is 0. The molecule has 1 aliphatic heterocycles. The van der Waals surface area contributed by atoms with Gasteiger partial charge in [-0.1, -0.05) is 6.07 Å². The molecule has 2 aromatic rings. The number of hydrogen-bond donors (Lipinski definition) is 1. The molecule has 0 saturated carbocycles. The normalized spacial score (nSPS) is 17.9. The van der Waals surface area contributed by atoms with E-state index in [9.17, 15) is 4.79 Å². The lowest BCUT2D eigenvalue weighted by atomic mass is 10.1. The van der Waals surface area contributed by atoms with Crippen LogP contribution < -0.4 is 10.2 Å². The van der Waals surface area contributed by atoms with Crippen molar-refractivity contribution in [1.29, 1.82) is 0 Å². The van der Waals surface area contributed by atoms with E-state index in [0.29, 0.717) is 11.4 Å². The minimum atomic E-state index is -0.277. The molecular formula is C14H15N5O. The van der Waals surface area contributed by atoms with Gasteiger partial charge in [-0.15, -0.1) is 5.10 Å². The molecule has 1 unspecified atom stereocenters. The zero-order valence-corrected chi connectivity index (χ0v) is 11.3. The maximum atomic E-state index is 12.2. The lowest BCUT2D eigenvalue weighted by molar-refractivity contribution is 0.0923. The Morgan fingerprint density at radius 3 is 2.85 bits per heavy atom. The predicted octanol–water partition coefficient (Wildman–Crippen LogP) is 1.53. The number of amides is 1. The number of hydrogen-bond acceptors (Lipinski definition) is 5. The molecule has 1 amide bonds. The van der Waals surface area contributed by atoms with Gasteiger partial charge in [-0.3, -0.25) is 9.78 Å². The third-order valence-electron chi connectivity index (χ3n) is 3.29. The van der Waals surface area contributed by atoms with Gasteiger partial charge in [-0.2, -0.15) is 5.10 Å². The van der Waals surface area contributed by atoms with Crippen LogP contribution in [0.15, 0.2) is 36.8 Å². The van der Waals surface area contributed by atoms with E-state index < -0.39 is 0 Å². The summed E-state index contributed by atoms with van der Waals surface area (Å²) in [6.07, 6.45) is 4.71. The number of nitrogens with one attached hydrogen (secondary N) is 1. The Bertz CT molecular complexity index is 628. The van der Waals surface area contributed by atoms with Crippen LogP contribution in [0.1, 0.15) is 35.9 Å². The molecule has 0 fully saturated rings. The fraction of sp³-hybridized carbons (Fsp3) is 0.286. The van der Waals surface area contributed by atoms with Gasteiger partial charge in [0.05, 0.1) is 11.8 Å². The van der Waals surface area contributed by atoms with Crippen molar-refractivity contribution >= 4 is 11.7 Å². The van der Waals surface area contributed by atoms with Gasteiger partial charge in [0.1, 0.15) is 6.17 Å². The standard InChI is InChI=1S/C14H15N5O/c1-9(2)19-12(10-4-3-6-15-8-10)17-14(20)11-5-7-16-18-13(11)19/h3-9,12H,1-2H3,(H,17,20). The van der Waals surface area contributed by atoms with Crippen molar-refractivity contribution in [3.05, 3.63) is 47.9 Å². The first kappa shape index (κ1) is 12.5. The molecule has 2 aromatic heterocycles. The molecule has 3 rings (SSSR count). The monoisotopic (exact) mass is 269 g/mol. The third-order valence-corrected chi connectivity index (χ3v) is 3.29. The molecule has 0 radical (unpaired) electrons. The van der Waals surface area contributed by atoms with Crippen LogP contribution in [0.25, 0.3) is 0 Å². The second kappa shape index (κ2) is 4.88. The summed E-state index contributed by atoms with van der Waals surface area (Å²) in [7, 11) is 0. The van der Waals surface area contributed by atoms with Crippen LogP contribution >= 0.6 is 0 Å². The van der Waals surface area contributed by atoms with Gasteiger partial charge >= 0.3 is 0 Å². The Kier molecular flexibility index (Phi) is 3.06. The van der Waals surface area contributed by atoms with Crippen LogP contribution in [-0.4, -0.2) is 27.1 Å². The Morgan fingerprint density at radius 1 is 1.30 bits per heavy atom. The van der Waals surface area contributed by atoms with Gasteiger partial charge in [-0.05, 0) is 26.0 Å². The van der Waals surface area contributed by atoms with Gasteiger partial charge in [0, 0.05) is 24.0 Å². The molecule has 1 aliphatic rings. The molecule has 0 aromatic carbocycles. The highest BCUT2D eigenvalue weighted by molar-refractivity contribution is 6.01. The van der Waals surface area contributed by atoms with Crippen molar-refractivity contribution in [1.82, 2.24) is 20.5 Å². The van der Waals surface area contributed by atoms with Crippen molar-refractivity contribution in [2.45, 2.75) is 26.1 Å². The smallest absolute Gasteiger partial charge is 0.257 e. The van der Waals surface area contributed by atoms with E-state index in [1.54, 1.807) is 18.5 Å². The average molecular weight is 269 g/mol. The molecule has 1 atom stereocenters. The topological polar surface area (TPSA) is 71.0 Å². The van der Waals surface area contributed by atoms with Crippen molar-refractivity contribution in [2.24, 2.45) is 0 Å². The highest BCUT2D eigenvalue weighted by atomic mass is 16.2. The second-order valence-electron chi connectivity index (χ2n) is 4.93. The van der Waals surface area contributed by atoms with Crippen molar-refractivity contribution in [2.75, 3.05) is 4.90 Å². The first-order valence-corrected chi connectivity index (χ1v) is 6.49. The van der Waals surface area contributed by atoms with E-state index in [4.69, 9.17) is 0 Å². The number of carbonyl (C=O) groups excluding carboxylic acids is 1. The summed E-state index contributed by atoms with van der Waals surface area (Å²) >= 11 is 0. The fourth-order valence-electron chi connectivity index (χ4n) is 2.41. The molecule has 0 saturated heterocycles. The number of aromatic nitrogens is 3. The molecule has 6 nitrogen and oxygen atoms in total. The summed E-state index contributed by atoms with van der Waals surface area (Å²) in [6, 6.07) is 5.64. The van der Waals surface area contributed by atoms with Gasteiger partial charge in [0.15, 0.2) is 5.82 Å². The lowest BCUT2D eigenvalue weighted by Gasteiger charge is -2.40. The van der Waals surface area contributed by atoms with Crippen molar-refractivity contribution < 1.29 is 4.79 Å². The SMILES string of the molecule is CC(C)N1c2nnccc2C(=O)NC1c1cccnc1. The first-order valence-electron chi connectivity index (χ1n) is 6.49. The fourth-order valence-corrected chi connectivity index (χ4v) is 2.41. The summed E-state index contributed by atoms with van der Waals surface area (Å²) in [5, 5.41) is 11.0. The molecule has 20 heavy (non-hydrogen) atoms. The van der Waals surface area contributed by atoms with Crippen LogP contribution in [0.2, 0.25) is 0 Å². The van der Waals surface area contributed by atoms with E-state index in [-0.39, 0.29) is 18.1 Å². The van der Waals surface area contributed by atoms with E-state index >= 15 is 0 Å². The van der Waals surface area contributed by atoms with Gasteiger partial charge in [0.25, 0.3) is 5.91 Å². The van der Waals surface area contributed by atoms with Gasteiger partial charge in [-0.25, -0.2) is 0 Å². The van der Waals surface area contributed by atoms with E-state index in [2.05, 4.69) is 34.3 Å². The van der Waals surface area contributed by atoms with Gasteiger partial charge < -0.3 is 10.2 Å². The predicted molar refractivity (Wildman–Crippen MR) is 74.1 cm³/mol. The lowest BCUT2D eigenvalue weighted by Crippen LogP contribution is -2.50. The van der Waals surface area contributed by atoms with Crippen molar-refractivity contribution in [3.8, 4) is 0 Å². The maximum absolute atomic E-state index is 12.2. The summed E-state index contributed by atoms with van der Waals surface area (Å²) in [4.78, 5) is 18.4. The summed E-state index contributed by atoms with van der Waals surface area (Å²) in [6.45, 7) is 4.11. The average Bonchev–Trinajstić information content (AvgIpc) is 2.47. The van der Waals surface area contributed by atoms with Crippen LogP contribution in [0.3, 0.4) is 0 Å². The quantitative estimate of drug-likeness (QED) is 0.895. The zero-order valence-electron chi connectivity index (χ0n) is 11.3. The Balaban J connectivity index is 2.11. The largest absolute Gasteiger partial charge is 0.328 e. The number of anilines is 1. The summed E-state index contributed by atoms with van der Waals surface area (Å²) in [5.74, 6) is 0.473. The Hall–Kier alpha value is -2.50. The maximum Gasteiger partial charge on any atom is 0.257 e. The molecular weight excluding hydrogens is 254 g/mol. The molecule has 0 bridgehead atoms. The number of rotatable bonds is 2. The van der Waals surface area contributed by atoms with Crippen molar-refractivity contribution in [3.63, 3.8) is 0 Å². The summed E-state index contributed by atoms with van der Waals surface area (Å²) in [5.41, 5.74) is 1.47. The number of carbonyl (C=O) groups is 1. The zero-order chi connectivity index (χ0) is 14.1. The Morgan fingerprint density at radius 2 is 2.15 bits per heavy atom. The van der Waals surface area contributed by atoms with Crippen LogP contribution in [0, 0.1) is 0 Å². The van der Waals surface area contributed by atoms with E-state index in [0.717, 1.165) is 5.56 Å². The molecule has 0 aliphatic carbocycles. The van der Waals surface area contributed by atoms with E-state index in [1.165, 1.54) is 6.20 Å². The van der Waals surface area contributed by atoms with Crippen LogP contribution in [0.4, 0.5) is 5.82 Å². The van der Waals surface area contributed by atoms with E-state index in [1.807, 2.05) is 17.0 Å². The Labute approximate surface area is 116 Å². The molecule has 1 N–H and O–H groups in total.